The van der Waals surface area contributed by atoms with E-state index in [2.05, 4.69) is 5.32 Å². The molecule has 1 unspecified atom stereocenters. The fraction of sp³-hybridized carbons (Fsp3) is 0.286. The van der Waals surface area contributed by atoms with Gasteiger partial charge in [0.25, 0.3) is 0 Å². The minimum absolute atomic E-state index is 0.105. The Hall–Kier alpha value is -3.06. The average molecular weight is 414 g/mol. The van der Waals surface area contributed by atoms with Crippen molar-refractivity contribution in [1.29, 1.82) is 0 Å². The Balaban J connectivity index is 1.79. The summed E-state index contributed by atoms with van der Waals surface area (Å²) < 4.78 is 11.1. The predicted octanol–water partition coefficient (Wildman–Crippen LogP) is 3.14. The summed E-state index contributed by atoms with van der Waals surface area (Å²) in [7, 11) is 0. The minimum atomic E-state index is -0.277. The Morgan fingerprint density at radius 1 is 1.21 bits per heavy atom. The van der Waals surface area contributed by atoms with Crippen molar-refractivity contribution in [3.63, 3.8) is 0 Å². The van der Waals surface area contributed by atoms with Gasteiger partial charge in [0.1, 0.15) is 5.88 Å². The smallest absolute Gasteiger partial charge is 0.239 e. The molecule has 2 aromatic rings. The van der Waals surface area contributed by atoms with Crippen LogP contribution in [0.4, 0.5) is 5.69 Å². The number of halogens is 1. The first-order valence-electron chi connectivity index (χ1n) is 9.24. The van der Waals surface area contributed by atoms with Crippen molar-refractivity contribution in [3.05, 3.63) is 53.1 Å². The molecule has 0 saturated carbocycles. The number of nitrogens with zero attached hydrogens (tertiary/aromatic N) is 2. The van der Waals surface area contributed by atoms with Gasteiger partial charge >= 0.3 is 0 Å². The summed E-state index contributed by atoms with van der Waals surface area (Å²) in [6.45, 7) is 3.66. The van der Waals surface area contributed by atoms with Crippen LogP contribution in [0.15, 0.2) is 41.5 Å². The lowest BCUT2D eigenvalue weighted by atomic mass is 9.94. The van der Waals surface area contributed by atoms with Crippen LogP contribution in [0, 0.1) is 0 Å². The predicted molar refractivity (Wildman–Crippen MR) is 110 cm³/mol. The summed E-state index contributed by atoms with van der Waals surface area (Å²) in [5.74, 6) is 0.840. The SMILES string of the molecule is CC(=O)N1N=C(c2ccc(NC(=O)CCl)cc2)c2cc3c(cc2CC1C)OCO3. The van der Waals surface area contributed by atoms with Crippen molar-refractivity contribution >= 4 is 34.8 Å². The van der Waals surface area contributed by atoms with Gasteiger partial charge in [0.15, 0.2) is 11.5 Å². The van der Waals surface area contributed by atoms with Gasteiger partial charge in [-0.25, -0.2) is 5.01 Å². The highest BCUT2D eigenvalue weighted by molar-refractivity contribution is 6.29. The summed E-state index contributed by atoms with van der Waals surface area (Å²) in [5, 5.41) is 8.91. The van der Waals surface area contributed by atoms with Gasteiger partial charge in [-0.05, 0) is 43.2 Å². The number of nitrogens with one attached hydrogen (secondary N) is 1. The van der Waals surface area contributed by atoms with Crippen LogP contribution in [0.2, 0.25) is 0 Å². The molecule has 8 heteroatoms. The number of benzene rings is 2. The van der Waals surface area contributed by atoms with Crippen molar-refractivity contribution in [2.75, 3.05) is 18.0 Å². The first-order valence-corrected chi connectivity index (χ1v) is 9.77. The van der Waals surface area contributed by atoms with Crippen molar-refractivity contribution in [3.8, 4) is 11.5 Å². The maximum absolute atomic E-state index is 12.2. The van der Waals surface area contributed by atoms with Gasteiger partial charge in [-0.2, -0.15) is 5.10 Å². The Kier molecular flexibility index (Phi) is 5.15. The standard InChI is InChI=1S/C21H20ClN3O4/c1-12-7-15-8-18-19(29-11-28-18)9-17(15)21(24-25(12)13(2)26)14-3-5-16(6-4-14)23-20(27)10-22/h3-6,8-9,12H,7,10-11H2,1-2H3,(H,23,27). The number of ether oxygens (including phenoxy) is 2. The number of fused-ring (bicyclic) bond motifs is 2. The molecule has 0 fully saturated rings. The minimum Gasteiger partial charge on any atom is -0.454 e. The van der Waals surface area contributed by atoms with Gasteiger partial charge in [-0.3, -0.25) is 9.59 Å². The van der Waals surface area contributed by atoms with Crippen molar-refractivity contribution < 1.29 is 19.1 Å². The zero-order valence-electron chi connectivity index (χ0n) is 16.1. The van der Waals surface area contributed by atoms with E-state index in [0.29, 0.717) is 29.3 Å². The topological polar surface area (TPSA) is 80.2 Å². The molecular weight excluding hydrogens is 394 g/mol. The summed E-state index contributed by atoms with van der Waals surface area (Å²) >= 11 is 5.54. The molecule has 4 rings (SSSR count). The van der Waals surface area contributed by atoms with Gasteiger partial charge in [-0.15, -0.1) is 11.6 Å². The Bertz CT molecular complexity index is 1000. The largest absolute Gasteiger partial charge is 0.454 e. The number of carbonyl (C=O) groups is 2. The molecule has 2 amide bonds. The molecule has 150 valence electrons. The average Bonchev–Trinajstić information content (AvgIpc) is 3.10. The zero-order valence-corrected chi connectivity index (χ0v) is 16.8. The summed E-state index contributed by atoms with van der Waals surface area (Å²) in [6, 6.07) is 11.0. The molecular formula is C21H20ClN3O4. The maximum atomic E-state index is 12.2. The number of carbonyl (C=O) groups excluding carboxylic acids is 2. The zero-order chi connectivity index (χ0) is 20.5. The maximum Gasteiger partial charge on any atom is 0.239 e. The molecule has 7 nitrogen and oxygen atoms in total. The fourth-order valence-corrected chi connectivity index (χ4v) is 3.60. The molecule has 2 heterocycles. The van der Waals surface area contributed by atoms with Crippen LogP contribution in [0.1, 0.15) is 30.5 Å². The fourth-order valence-electron chi connectivity index (χ4n) is 3.54. The van der Waals surface area contributed by atoms with Crippen LogP contribution in [0.25, 0.3) is 0 Å². The Morgan fingerprint density at radius 2 is 1.90 bits per heavy atom. The van der Waals surface area contributed by atoms with Crippen LogP contribution >= 0.6 is 11.6 Å². The summed E-state index contributed by atoms with van der Waals surface area (Å²) in [4.78, 5) is 23.7. The van der Waals surface area contributed by atoms with Gasteiger partial charge < -0.3 is 14.8 Å². The van der Waals surface area contributed by atoms with E-state index < -0.39 is 0 Å². The molecule has 2 aliphatic heterocycles. The van der Waals surface area contributed by atoms with E-state index in [1.165, 1.54) is 11.9 Å². The first kappa shape index (κ1) is 19.3. The first-order chi connectivity index (χ1) is 14.0. The second-order valence-corrected chi connectivity index (χ2v) is 7.25. The van der Waals surface area contributed by atoms with Crippen LogP contribution in [0.3, 0.4) is 0 Å². The number of anilines is 1. The molecule has 1 atom stereocenters. The molecule has 2 aliphatic rings. The number of hydrazone groups is 1. The van der Waals surface area contributed by atoms with E-state index >= 15 is 0 Å². The Morgan fingerprint density at radius 3 is 2.55 bits per heavy atom. The van der Waals surface area contributed by atoms with E-state index in [9.17, 15) is 9.59 Å². The van der Waals surface area contributed by atoms with Gasteiger partial charge in [0, 0.05) is 23.7 Å². The third kappa shape index (κ3) is 3.78. The molecule has 0 saturated heterocycles. The third-order valence-corrected chi connectivity index (χ3v) is 5.12. The highest BCUT2D eigenvalue weighted by Crippen LogP contribution is 2.37. The molecule has 29 heavy (non-hydrogen) atoms. The van der Waals surface area contributed by atoms with Crippen LogP contribution in [-0.2, 0) is 16.0 Å². The van der Waals surface area contributed by atoms with E-state index in [0.717, 1.165) is 16.7 Å². The molecule has 2 aromatic carbocycles. The third-order valence-electron chi connectivity index (χ3n) is 4.88. The molecule has 0 bridgehead atoms. The van der Waals surface area contributed by atoms with E-state index in [-0.39, 0.29) is 30.5 Å². The van der Waals surface area contributed by atoms with Gasteiger partial charge in [0.05, 0.1) is 11.8 Å². The number of hydrogen-bond acceptors (Lipinski definition) is 5. The van der Waals surface area contributed by atoms with E-state index in [1.54, 1.807) is 12.1 Å². The monoisotopic (exact) mass is 413 g/mol. The highest BCUT2D eigenvalue weighted by atomic mass is 35.5. The highest BCUT2D eigenvalue weighted by Gasteiger charge is 2.28. The molecule has 0 aromatic heterocycles. The summed E-state index contributed by atoms with van der Waals surface area (Å²) in [5.41, 5.74) is 4.03. The van der Waals surface area contributed by atoms with E-state index in [4.69, 9.17) is 26.2 Å². The normalized spacial score (nSPS) is 17.3. The number of rotatable bonds is 3. The van der Waals surface area contributed by atoms with Gasteiger partial charge in [-0.1, -0.05) is 12.1 Å². The number of alkyl halides is 1. The van der Waals surface area contributed by atoms with Crippen molar-refractivity contribution in [2.24, 2.45) is 5.10 Å². The second-order valence-electron chi connectivity index (χ2n) is 6.99. The molecule has 0 radical (unpaired) electrons. The quantitative estimate of drug-likeness (QED) is 0.784. The molecule has 0 aliphatic carbocycles. The van der Waals surface area contributed by atoms with Crippen LogP contribution in [0.5, 0.6) is 11.5 Å². The lowest BCUT2D eigenvalue weighted by Gasteiger charge is -2.21. The van der Waals surface area contributed by atoms with E-state index in [1.807, 2.05) is 31.2 Å². The second kappa shape index (κ2) is 7.75. The molecule has 1 N–H and O–H groups in total. The van der Waals surface area contributed by atoms with Crippen LogP contribution < -0.4 is 14.8 Å². The van der Waals surface area contributed by atoms with Crippen molar-refractivity contribution in [2.45, 2.75) is 26.3 Å². The van der Waals surface area contributed by atoms with Crippen LogP contribution in [-0.4, -0.2) is 41.2 Å². The lowest BCUT2D eigenvalue weighted by Crippen LogP contribution is -2.33. The lowest BCUT2D eigenvalue weighted by molar-refractivity contribution is -0.130. The van der Waals surface area contributed by atoms with Crippen molar-refractivity contribution in [1.82, 2.24) is 5.01 Å². The Labute approximate surface area is 173 Å². The summed E-state index contributed by atoms with van der Waals surface area (Å²) in [6.07, 6.45) is 0.641. The molecule has 0 spiro atoms. The number of hydrogen-bond donors (Lipinski definition) is 1. The van der Waals surface area contributed by atoms with Gasteiger partial charge in [0.2, 0.25) is 18.6 Å². The number of amides is 2.